The van der Waals surface area contributed by atoms with E-state index in [0.29, 0.717) is 5.39 Å². The number of rotatable bonds is 2. The Balaban J connectivity index is 2.14. The van der Waals surface area contributed by atoms with Crippen LogP contribution in [0.15, 0.2) is 60.7 Å². The number of fused-ring (bicyclic) bond motifs is 1. The van der Waals surface area contributed by atoms with E-state index in [1.165, 1.54) is 9.13 Å². The van der Waals surface area contributed by atoms with Gasteiger partial charge >= 0.3 is 0 Å². The van der Waals surface area contributed by atoms with Crippen LogP contribution < -0.4 is 0 Å². The standard InChI is InChI=1S/C17H11BrFI/c18-17(11-5-7-12(20)8-6-11)15-9-10-16(19)14-4-2-1-3-13(14)15/h1-10,17H. The molecule has 3 aromatic carbocycles. The van der Waals surface area contributed by atoms with Crippen LogP contribution in [0.25, 0.3) is 10.8 Å². The van der Waals surface area contributed by atoms with Gasteiger partial charge in [-0.3, -0.25) is 0 Å². The topological polar surface area (TPSA) is 0 Å². The van der Waals surface area contributed by atoms with Gasteiger partial charge in [0.1, 0.15) is 5.82 Å². The first-order chi connectivity index (χ1) is 9.66. The second kappa shape index (κ2) is 5.82. The Bertz CT molecular complexity index is 753. The lowest BCUT2D eigenvalue weighted by atomic mass is 9.98. The molecule has 0 nitrogen and oxygen atoms in total. The largest absolute Gasteiger partial charge is 0.206 e. The van der Waals surface area contributed by atoms with Crippen LogP contribution in [0.5, 0.6) is 0 Å². The van der Waals surface area contributed by atoms with Crippen molar-refractivity contribution in [2.24, 2.45) is 0 Å². The zero-order valence-corrected chi connectivity index (χ0v) is 14.2. The molecule has 0 fully saturated rings. The average Bonchev–Trinajstić information content (AvgIpc) is 2.48. The van der Waals surface area contributed by atoms with Gasteiger partial charge in [0.25, 0.3) is 0 Å². The Labute approximate surface area is 139 Å². The summed E-state index contributed by atoms with van der Waals surface area (Å²) in [5, 5.41) is 1.62. The lowest BCUT2D eigenvalue weighted by Crippen LogP contribution is -1.95. The Morgan fingerprint density at radius 2 is 1.50 bits per heavy atom. The second-order valence-corrected chi connectivity index (χ2v) is 6.76. The first-order valence-corrected chi connectivity index (χ1v) is 8.23. The summed E-state index contributed by atoms with van der Waals surface area (Å²) in [7, 11) is 0. The molecule has 0 bridgehead atoms. The molecule has 0 N–H and O–H groups in total. The number of hydrogen-bond acceptors (Lipinski definition) is 0. The number of hydrogen-bond donors (Lipinski definition) is 0. The van der Waals surface area contributed by atoms with Crippen LogP contribution in [-0.2, 0) is 0 Å². The zero-order valence-electron chi connectivity index (χ0n) is 10.5. The van der Waals surface area contributed by atoms with Crippen molar-refractivity contribution in [1.29, 1.82) is 0 Å². The van der Waals surface area contributed by atoms with E-state index < -0.39 is 0 Å². The molecule has 0 saturated heterocycles. The molecule has 100 valence electrons. The minimum absolute atomic E-state index is 0.0602. The lowest BCUT2D eigenvalue weighted by Gasteiger charge is -2.14. The fourth-order valence-corrected chi connectivity index (χ4v) is 3.38. The summed E-state index contributed by atoms with van der Waals surface area (Å²) < 4.78 is 15.1. The molecule has 1 unspecified atom stereocenters. The van der Waals surface area contributed by atoms with E-state index in [1.54, 1.807) is 6.07 Å². The Morgan fingerprint density at radius 3 is 2.20 bits per heavy atom. The van der Waals surface area contributed by atoms with Crippen molar-refractivity contribution in [3.63, 3.8) is 0 Å². The minimum Gasteiger partial charge on any atom is -0.206 e. The van der Waals surface area contributed by atoms with E-state index in [1.807, 2.05) is 30.3 Å². The highest BCUT2D eigenvalue weighted by atomic mass is 127. The molecule has 0 spiro atoms. The second-order valence-electron chi connectivity index (χ2n) is 4.60. The molecule has 0 aromatic heterocycles. The van der Waals surface area contributed by atoms with Crippen LogP contribution in [0.4, 0.5) is 4.39 Å². The maximum absolute atomic E-state index is 13.9. The summed E-state index contributed by atoms with van der Waals surface area (Å²) in [6, 6.07) is 19.3. The predicted octanol–water partition coefficient (Wildman–Crippen LogP) is 6.07. The van der Waals surface area contributed by atoms with E-state index in [2.05, 4.69) is 62.8 Å². The summed E-state index contributed by atoms with van der Waals surface area (Å²) >= 11 is 6.03. The third-order valence-corrected chi connectivity index (χ3v) is 5.08. The Hall–Kier alpha value is -0.940. The van der Waals surface area contributed by atoms with Crippen molar-refractivity contribution < 1.29 is 4.39 Å². The minimum atomic E-state index is -0.174. The number of halogens is 3. The maximum atomic E-state index is 13.9. The SMILES string of the molecule is Fc1ccc(C(Br)c2ccc(I)cc2)c2ccccc12. The fraction of sp³-hybridized carbons (Fsp3) is 0.0588. The van der Waals surface area contributed by atoms with Crippen molar-refractivity contribution in [1.82, 2.24) is 0 Å². The van der Waals surface area contributed by atoms with Crippen LogP contribution in [0.2, 0.25) is 0 Å². The van der Waals surface area contributed by atoms with E-state index in [9.17, 15) is 4.39 Å². The van der Waals surface area contributed by atoms with Crippen molar-refractivity contribution in [2.75, 3.05) is 0 Å². The van der Waals surface area contributed by atoms with Gasteiger partial charge in [0.05, 0.1) is 4.83 Å². The predicted molar refractivity (Wildman–Crippen MR) is 93.8 cm³/mol. The Kier molecular flexibility index (Phi) is 4.08. The van der Waals surface area contributed by atoms with E-state index >= 15 is 0 Å². The molecule has 3 aromatic rings. The fourth-order valence-electron chi connectivity index (χ4n) is 2.32. The summed E-state index contributed by atoms with van der Waals surface area (Å²) in [4.78, 5) is 0.0602. The molecule has 0 saturated carbocycles. The van der Waals surface area contributed by atoms with E-state index in [-0.39, 0.29) is 10.6 Å². The molecule has 1 atom stereocenters. The number of alkyl halides is 1. The van der Waals surface area contributed by atoms with Crippen LogP contribution in [0, 0.1) is 9.39 Å². The van der Waals surface area contributed by atoms with Gasteiger partial charge in [-0.25, -0.2) is 4.39 Å². The highest BCUT2D eigenvalue weighted by Crippen LogP contribution is 2.36. The van der Waals surface area contributed by atoms with Gasteiger partial charge in [-0.2, -0.15) is 0 Å². The molecule has 3 heteroatoms. The summed E-state index contributed by atoms with van der Waals surface area (Å²) in [6.45, 7) is 0. The van der Waals surface area contributed by atoms with Gasteiger partial charge in [0, 0.05) is 8.96 Å². The summed E-state index contributed by atoms with van der Waals surface area (Å²) in [5.74, 6) is -0.174. The van der Waals surface area contributed by atoms with Crippen molar-refractivity contribution >= 4 is 49.3 Å². The normalized spacial score (nSPS) is 12.6. The molecule has 0 aliphatic carbocycles. The monoisotopic (exact) mass is 440 g/mol. The van der Waals surface area contributed by atoms with Crippen molar-refractivity contribution in [3.8, 4) is 0 Å². The molecule has 3 rings (SSSR count). The quantitative estimate of drug-likeness (QED) is 0.335. The molecule has 0 radical (unpaired) electrons. The van der Waals surface area contributed by atoms with Crippen LogP contribution >= 0.6 is 38.5 Å². The zero-order chi connectivity index (χ0) is 14.1. The van der Waals surface area contributed by atoms with Gasteiger partial charge < -0.3 is 0 Å². The maximum Gasteiger partial charge on any atom is 0.131 e. The van der Waals surface area contributed by atoms with Crippen LogP contribution in [0.1, 0.15) is 16.0 Å². The first-order valence-electron chi connectivity index (χ1n) is 6.23. The van der Waals surface area contributed by atoms with Gasteiger partial charge in [-0.15, -0.1) is 0 Å². The summed E-state index contributed by atoms with van der Waals surface area (Å²) in [6.07, 6.45) is 0. The Morgan fingerprint density at radius 1 is 0.850 bits per heavy atom. The molecule has 0 heterocycles. The highest BCUT2D eigenvalue weighted by Gasteiger charge is 2.14. The average molecular weight is 441 g/mol. The lowest BCUT2D eigenvalue weighted by molar-refractivity contribution is 0.639. The van der Waals surface area contributed by atoms with Crippen molar-refractivity contribution in [2.45, 2.75) is 4.83 Å². The van der Waals surface area contributed by atoms with E-state index in [0.717, 1.165) is 10.9 Å². The van der Waals surface area contributed by atoms with Crippen LogP contribution in [-0.4, -0.2) is 0 Å². The van der Waals surface area contributed by atoms with Crippen molar-refractivity contribution in [3.05, 3.63) is 81.2 Å². The molecule has 0 aliphatic rings. The molecular weight excluding hydrogens is 430 g/mol. The molecular formula is C17H11BrFI. The van der Waals surface area contributed by atoms with Gasteiger partial charge in [-0.1, -0.05) is 58.4 Å². The van der Waals surface area contributed by atoms with Gasteiger partial charge in [0.2, 0.25) is 0 Å². The first kappa shape index (κ1) is 14.0. The molecule has 0 aliphatic heterocycles. The molecule has 0 amide bonds. The third-order valence-electron chi connectivity index (χ3n) is 3.34. The highest BCUT2D eigenvalue weighted by molar-refractivity contribution is 14.1. The van der Waals surface area contributed by atoms with Gasteiger partial charge in [0.15, 0.2) is 0 Å². The van der Waals surface area contributed by atoms with E-state index in [4.69, 9.17) is 0 Å². The summed E-state index contributed by atoms with van der Waals surface area (Å²) in [5.41, 5.74) is 2.25. The van der Waals surface area contributed by atoms with Crippen LogP contribution in [0.3, 0.4) is 0 Å². The number of benzene rings is 3. The molecule has 20 heavy (non-hydrogen) atoms. The van der Waals surface area contributed by atoms with Gasteiger partial charge in [-0.05, 0) is 57.3 Å². The smallest absolute Gasteiger partial charge is 0.131 e. The third kappa shape index (κ3) is 2.61.